The van der Waals surface area contributed by atoms with Gasteiger partial charge in [-0.3, -0.25) is 9.59 Å². The van der Waals surface area contributed by atoms with E-state index in [1.165, 1.54) is 27.9 Å². The fourth-order valence-corrected chi connectivity index (χ4v) is 8.41. The summed E-state index contributed by atoms with van der Waals surface area (Å²) in [7, 11) is 5.18. The number of nitrogens with zero attached hydrogens (tertiary/aromatic N) is 1. The van der Waals surface area contributed by atoms with Crippen molar-refractivity contribution in [1.29, 1.82) is 0 Å². The molecule has 3 fully saturated rings. The molecule has 18 atom stereocenters. The van der Waals surface area contributed by atoms with Crippen LogP contribution in [0.1, 0.15) is 94.9 Å². The van der Waals surface area contributed by atoms with E-state index in [0.29, 0.717) is 6.42 Å². The summed E-state index contributed by atoms with van der Waals surface area (Å²) in [6.07, 6.45) is -9.71. The van der Waals surface area contributed by atoms with Gasteiger partial charge in [-0.2, -0.15) is 0 Å². The minimum absolute atomic E-state index is 0.0936. The highest BCUT2D eigenvalue weighted by molar-refractivity contribution is 5.83. The van der Waals surface area contributed by atoms with Crippen molar-refractivity contribution >= 4 is 11.8 Å². The zero-order chi connectivity index (χ0) is 39.0. The molecule has 0 saturated carbocycles. The van der Waals surface area contributed by atoms with Crippen LogP contribution < -0.4 is 0 Å². The van der Waals surface area contributed by atoms with E-state index in [2.05, 4.69) is 0 Å². The fraction of sp³-hybridized carbons (Fsp3) is 0.946. The van der Waals surface area contributed by atoms with Crippen LogP contribution in [0.15, 0.2) is 0 Å². The topological polar surface area (TPSA) is 194 Å². The van der Waals surface area contributed by atoms with Crippen molar-refractivity contribution in [3.8, 4) is 0 Å². The number of hydrogen-bond acceptors (Lipinski definition) is 14. The zero-order valence-corrected chi connectivity index (χ0v) is 32.9. The van der Waals surface area contributed by atoms with Gasteiger partial charge in [-0.15, -0.1) is 0 Å². The molecule has 3 rings (SSSR count). The van der Waals surface area contributed by atoms with E-state index in [9.17, 15) is 35.1 Å². The van der Waals surface area contributed by atoms with Crippen LogP contribution in [0.25, 0.3) is 0 Å². The smallest absolute Gasteiger partial charge is 0.311 e. The average Bonchev–Trinajstić information content (AvgIpc) is 3.05. The van der Waals surface area contributed by atoms with Crippen molar-refractivity contribution in [3.63, 3.8) is 0 Å². The molecule has 0 aromatic rings. The normalized spacial score (nSPS) is 49.7. The Morgan fingerprint density at radius 2 is 1.49 bits per heavy atom. The molecule has 0 aliphatic carbocycles. The summed E-state index contributed by atoms with van der Waals surface area (Å²) < 4.78 is 37.1. The number of cyclic esters (lactones) is 1. The number of aliphatic hydroxyl groups excluding tert-OH is 3. The lowest BCUT2D eigenvalue weighted by molar-refractivity contribution is -0.318. The van der Waals surface area contributed by atoms with E-state index in [1.54, 1.807) is 41.5 Å². The molecule has 0 amide bonds. The van der Waals surface area contributed by atoms with Crippen molar-refractivity contribution in [2.24, 2.45) is 23.7 Å². The SMILES string of the molecule is CC[C@H]1OC(=O)[C@H](C)[C@@H](OC2C[C@](C)(OC)[C@H](O)[C@@H](C)O2)[C@H](C)[C@@H](OC2O[C@H](C)C[C@H](N(C)C)[C@H]2O)[C@](C)(O)C[C@@H](C)C(=O)[C@H](C)[C@@H](O)[C@]1(C)O. The lowest BCUT2D eigenvalue weighted by Gasteiger charge is -2.49. The number of methoxy groups -OCH3 is 1. The Morgan fingerprint density at radius 1 is 0.882 bits per heavy atom. The first-order valence-electron chi connectivity index (χ1n) is 18.5. The van der Waals surface area contributed by atoms with Gasteiger partial charge in [-0.25, -0.2) is 0 Å². The molecule has 0 bridgehead atoms. The average molecular weight is 734 g/mol. The molecule has 0 radical (unpaired) electrons. The molecule has 5 N–H and O–H groups in total. The highest BCUT2D eigenvalue weighted by Crippen LogP contribution is 2.40. The Morgan fingerprint density at radius 3 is 2.04 bits per heavy atom. The summed E-state index contributed by atoms with van der Waals surface area (Å²) in [6.45, 7) is 16.3. The van der Waals surface area contributed by atoms with Crippen molar-refractivity contribution in [2.75, 3.05) is 21.2 Å². The molecule has 2 unspecified atom stereocenters. The highest BCUT2D eigenvalue weighted by Gasteiger charge is 2.53. The Bertz CT molecular complexity index is 1170. The third-order valence-electron chi connectivity index (χ3n) is 11.8. The molecular formula is C37H67NO13. The lowest BCUT2D eigenvalue weighted by atomic mass is 9.74. The number of rotatable bonds is 7. The summed E-state index contributed by atoms with van der Waals surface area (Å²) in [5.74, 6) is -4.98. The summed E-state index contributed by atoms with van der Waals surface area (Å²) in [5.41, 5.74) is -4.84. The fourth-order valence-electron chi connectivity index (χ4n) is 8.41. The lowest BCUT2D eigenvalue weighted by Crippen LogP contribution is -2.61. The molecule has 14 nitrogen and oxygen atoms in total. The van der Waals surface area contributed by atoms with Gasteiger partial charge in [0.2, 0.25) is 0 Å². The standard InChI is InChI=1S/C37H67NO13/c1-14-25-37(10,45)30(41)20(4)27(39)18(2)16-35(8,44)32(51-34-28(40)24(38(11)12)15-19(3)47-34)21(5)29(22(6)33(43)49-25)50-26-17-36(9,46-13)31(42)23(7)48-26/h18-26,28-32,34,40-42,44-45H,14-17H2,1-13H3/t18-,19-,20+,21+,22-,23-,24+,25-,26?,28-,29+,30-,31-,32-,34?,35-,36+,37-/m1/s1. The van der Waals surface area contributed by atoms with Crippen LogP contribution in [0.5, 0.6) is 0 Å². The van der Waals surface area contributed by atoms with Gasteiger partial charge >= 0.3 is 5.97 Å². The van der Waals surface area contributed by atoms with E-state index in [1.807, 2.05) is 25.9 Å². The van der Waals surface area contributed by atoms with Gasteiger partial charge in [-0.05, 0) is 74.9 Å². The number of ketones is 1. The Balaban J connectivity index is 2.18. The largest absolute Gasteiger partial charge is 0.459 e. The van der Waals surface area contributed by atoms with Crippen molar-refractivity contribution in [3.05, 3.63) is 0 Å². The Labute approximate surface area is 304 Å². The van der Waals surface area contributed by atoms with Crippen LogP contribution in [-0.4, -0.2) is 148 Å². The molecule has 14 heteroatoms. The van der Waals surface area contributed by atoms with Gasteiger partial charge in [0.15, 0.2) is 12.6 Å². The number of aliphatic hydroxyl groups is 5. The predicted octanol–water partition coefficient (Wildman–Crippen LogP) is 1.79. The molecule has 3 aliphatic rings. The van der Waals surface area contributed by atoms with E-state index >= 15 is 0 Å². The number of Topliss-reactive ketones (excluding diaryl/α,β-unsaturated/α-hetero) is 1. The van der Waals surface area contributed by atoms with Gasteiger partial charge in [0.1, 0.15) is 29.7 Å². The van der Waals surface area contributed by atoms with Gasteiger partial charge in [0, 0.05) is 37.3 Å². The van der Waals surface area contributed by atoms with Crippen molar-refractivity contribution in [1.82, 2.24) is 4.90 Å². The van der Waals surface area contributed by atoms with E-state index in [-0.39, 0.29) is 31.4 Å². The molecule has 3 saturated heterocycles. The monoisotopic (exact) mass is 733 g/mol. The summed E-state index contributed by atoms with van der Waals surface area (Å²) in [5, 5.41) is 57.6. The Hall–Kier alpha value is -1.30. The quantitative estimate of drug-likeness (QED) is 0.238. The molecule has 0 spiro atoms. The number of likely N-dealkylation sites (N-methyl/N-ethyl adjacent to an activating group) is 1. The van der Waals surface area contributed by atoms with Crippen LogP contribution in [-0.2, 0) is 38.0 Å². The van der Waals surface area contributed by atoms with E-state index < -0.39 is 108 Å². The molecule has 51 heavy (non-hydrogen) atoms. The zero-order valence-electron chi connectivity index (χ0n) is 32.9. The number of esters is 1. The molecule has 3 aliphatic heterocycles. The first-order chi connectivity index (χ1) is 23.4. The summed E-state index contributed by atoms with van der Waals surface area (Å²) in [6, 6.07) is -0.324. The van der Waals surface area contributed by atoms with Gasteiger partial charge < -0.3 is 58.9 Å². The van der Waals surface area contributed by atoms with Crippen LogP contribution in [0.4, 0.5) is 0 Å². The van der Waals surface area contributed by atoms with Crippen LogP contribution in [0, 0.1) is 23.7 Å². The summed E-state index contributed by atoms with van der Waals surface area (Å²) >= 11 is 0. The maximum atomic E-state index is 14.1. The number of carbonyl (C=O) groups is 2. The van der Waals surface area contributed by atoms with Crippen molar-refractivity contribution < 1.29 is 63.5 Å². The molecule has 0 aromatic carbocycles. The first-order valence-corrected chi connectivity index (χ1v) is 18.5. The van der Waals surface area contributed by atoms with Crippen LogP contribution in [0.2, 0.25) is 0 Å². The minimum atomic E-state index is -1.99. The Kier molecular flexibility index (Phi) is 14.7. The van der Waals surface area contributed by atoms with Gasteiger partial charge in [0.25, 0.3) is 0 Å². The highest BCUT2D eigenvalue weighted by atomic mass is 16.7. The van der Waals surface area contributed by atoms with Gasteiger partial charge in [-0.1, -0.05) is 27.7 Å². The molecule has 3 heterocycles. The molecule has 298 valence electrons. The van der Waals surface area contributed by atoms with Crippen LogP contribution >= 0.6 is 0 Å². The second kappa shape index (κ2) is 17.0. The van der Waals surface area contributed by atoms with Crippen LogP contribution in [0.3, 0.4) is 0 Å². The minimum Gasteiger partial charge on any atom is -0.459 e. The number of ether oxygens (including phenoxy) is 6. The number of hydrogen-bond donors (Lipinski definition) is 5. The third-order valence-corrected chi connectivity index (χ3v) is 11.8. The van der Waals surface area contributed by atoms with E-state index in [0.717, 1.165) is 0 Å². The second-order valence-electron chi connectivity index (χ2n) is 16.5. The second-order valence-corrected chi connectivity index (χ2v) is 16.5. The molecule has 0 aromatic heterocycles. The maximum Gasteiger partial charge on any atom is 0.311 e. The van der Waals surface area contributed by atoms with Crippen molar-refractivity contribution in [2.45, 2.75) is 179 Å². The number of carbonyl (C=O) groups excluding carboxylic acids is 2. The predicted molar refractivity (Wildman–Crippen MR) is 186 cm³/mol. The third kappa shape index (κ3) is 9.51. The maximum absolute atomic E-state index is 14.1. The molecular weight excluding hydrogens is 666 g/mol. The summed E-state index contributed by atoms with van der Waals surface area (Å²) in [4.78, 5) is 29.8. The first kappa shape index (κ1) is 44.1. The van der Waals surface area contributed by atoms with E-state index in [4.69, 9.17) is 28.4 Å². The van der Waals surface area contributed by atoms with Gasteiger partial charge in [0.05, 0.1) is 47.6 Å².